The number of aromatic amines is 2. The molecule has 0 aliphatic rings. The molecule has 1 aromatic carbocycles. The van der Waals surface area contributed by atoms with Crippen molar-refractivity contribution in [1.29, 1.82) is 0 Å². The maximum atomic E-state index is 12.0. The molecule has 0 amide bonds. The minimum atomic E-state index is -0.314. The molecule has 0 fully saturated rings. The molecule has 0 aliphatic carbocycles. The van der Waals surface area contributed by atoms with Gasteiger partial charge in [0.05, 0.1) is 5.69 Å². The van der Waals surface area contributed by atoms with E-state index in [2.05, 4.69) is 19.9 Å². The normalized spacial score (nSPS) is 10.9. The van der Waals surface area contributed by atoms with Crippen molar-refractivity contribution >= 4 is 17.0 Å². The summed E-state index contributed by atoms with van der Waals surface area (Å²) in [7, 11) is 0. The minimum absolute atomic E-state index is 0.105. The molecule has 0 unspecified atom stereocenters. The summed E-state index contributed by atoms with van der Waals surface area (Å²) in [6.07, 6.45) is 5.47. The fourth-order valence-electron chi connectivity index (χ4n) is 2.70. The SMILES string of the molecule is O=C(Cc1nc(-c2ccnc3[nH]ccc23)c[nH]1)OCc1ccccc1. The van der Waals surface area contributed by atoms with Gasteiger partial charge in [-0.2, -0.15) is 0 Å². The Hall–Kier alpha value is -3.41. The third-order valence-corrected chi connectivity index (χ3v) is 3.92. The number of benzene rings is 1. The first-order valence-corrected chi connectivity index (χ1v) is 7.96. The number of hydrogen-bond donors (Lipinski definition) is 2. The number of carbonyl (C=O) groups is 1. The van der Waals surface area contributed by atoms with E-state index in [-0.39, 0.29) is 19.0 Å². The Morgan fingerprint density at radius 3 is 2.84 bits per heavy atom. The smallest absolute Gasteiger partial charge is 0.313 e. The second kappa shape index (κ2) is 6.60. The van der Waals surface area contributed by atoms with E-state index < -0.39 is 0 Å². The first kappa shape index (κ1) is 15.1. The van der Waals surface area contributed by atoms with Crippen LogP contribution in [-0.2, 0) is 22.6 Å². The van der Waals surface area contributed by atoms with E-state index in [1.54, 1.807) is 12.4 Å². The molecule has 25 heavy (non-hydrogen) atoms. The van der Waals surface area contributed by atoms with Crippen LogP contribution in [0.1, 0.15) is 11.4 Å². The quantitative estimate of drug-likeness (QED) is 0.550. The maximum absolute atomic E-state index is 12.0. The number of fused-ring (bicyclic) bond motifs is 1. The molecule has 0 saturated carbocycles. The van der Waals surface area contributed by atoms with Crippen LogP contribution in [0.3, 0.4) is 0 Å². The van der Waals surface area contributed by atoms with Gasteiger partial charge in [0.2, 0.25) is 0 Å². The number of imidazole rings is 1. The topological polar surface area (TPSA) is 83.7 Å². The summed E-state index contributed by atoms with van der Waals surface area (Å²) in [6.45, 7) is 0.265. The predicted octanol–water partition coefficient (Wildman–Crippen LogP) is 3.24. The van der Waals surface area contributed by atoms with E-state index in [4.69, 9.17) is 4.74 Å². The number of ether oxygens (including phenoxy) is 1. The van der Waals surface area contributed by atoms with Gasteiger partial charge in [-0.1, -0.05) is 30.3 Å². The average Bonchev–Trinajstić information content (AvgIpc) is 3.30. The molecule has 0 bridgehead atoms. The lowest BCUT2D eigenvalue weighted by Crippen LogP contribution is -2.09. The molecule has 6 heteroatoms. The lowest BCUT2D eigenvalue weighted by molar-refractivity contribution is -0.144. The molecule has 0 spiro atoms. The zero-order chi connectivity index (χ0) is 17.1. The molecule has 0 radical (unpaired) electrons. The van der Waals surface area contributed by atoms with Crippen LogP contribution in [0.25, 0.3) is 22.3 Å². The molecule has 3 aromatic heterocycles. The second-order valence-corrected chi connectivity index (χ2v) is 5.65. The van der Waals surface area contributed by atoms with Crippen molar-refractivity contribution in [2.24, 2.45) is 0 Å². The number of nitrogens with one attached hydrogen (secondary N) is 2. The highest BCUT2D eigenvalue weighted by molar-refractivity contribution is 5.91. The number of nitrogens with zero attached hydrogens (tertiary/aromatic N) is 2. The second-order valence-electron chi connectivity index (χ2n) is 5.65. The molecular formula is C19H16N4O2. The van der Waals surface area contributed by atoms with E-state index in [9.17, 15) is 4.79 Å². The van der Waals surface area contributed by atoms with Crippen LogP contribution in [0, 0.1) is 0 Å². The number of rotatable bonds is 5. The van der Waals surface area contributed by atoms with E-state index >= 15 is 0 Å². The van der Waals surface area contributed by atoms with E-state index in [1.165, 1.54) is 0 Å². The highest BCUT2D eigenvalue weighted by Gasteiger charge is 2.12. The van der Waals surface area contributed by atoms with Gasteiger partial charge in [0.1, 0.15) is 24.5 Å². The fraction of sp³-hybridized carbons (Fsp3) is 0.105. The van der Waals surface area contributed by atoms with E-state index in [0.29, 0.717) is 5.82 Å². The minimum Gasteiger partial charge on any atom is -0.460 e. The summed E-state index contributed by atoms with van der Waals surface area (Å²) in [5, 5.41) is 0.993. The van der Waals surface area contributed by atoms with Crippen LogP contribution >= 0.6 is 0 Å². The fourth-order valence-corrected chi connectivity index (χ4v) is 2.70. The lowest BCUT2D eigenvalue weighted by Gasteiger charge is -2.03. The van der Waals surface area contributed by atoms with Crippen LogP contribution in [0.5, 0.6) is 0 Å². The Morgan fingerprint density at radius 1 is 1.08 bits per heavy atom. The van der Waals surface area contributed by atoms with Gasteiger partial charge in [-0.3, -0.25) is 4.79 Å². The predicted molar refractivity (Wildman–Crippen MR) is 93.6 cm³/mol. The molecule has 0 saturated heterocycles. The number of pyridine rings is 1. The monoisotopic (exact) mass is 332 g/mol. The molecule has 4 aromatic rings. The van der Waals surface area contributed by atoms with E-state index in [1.807, 2.05) is 48.7 Å². The zero-order valence-electron chi connectivity index (χ0n) is 13.4. The average molecular weight is 332 g/mol. The summed E-state index contributed by atoms with van der Waals surface area (Å²) >= 11 is 0. The molecule has 6 nitrogen and oxygen atoms in total. The first-order valence-electron chi connectivity index (χ1n) is 7.96. The summed E-state index contributed by atoms with van der Waals surface area (Å²) in [5.74, 6) is 0.264. The number of aromatic nitrogens is 4. The molecule has 0 atom stereocenters. The summed E-state index contributed by atoms with van der Waals surface area (Å²) in [6, 6.07) is 13.5. The molecule has 3 heterocycles. The molecule has 4 rings (SSSR count). The zero-order valence-corrected chi connectivity index (χ0v) is 13.4. The third-order valence-electron chi connectivity index (χ3n) is 3.92. The van der Waals surface area contributed by atoms with Crippen LogP contribution in [0.2, 0.25) is 0 Å². The Balaban J connectivity index is 1.44. The van der Waals surface area contributed by atoms with Gasteiger partial charge in [0, 0.05) is 29.5 Å². The number of esters is 1. The van der Waals surface area contributed by atoms with Gasteiger partial charge >= 0.3 is 5.97 Å². The van der Waals surface area contributed by atoms with Crippen LogP contribution in [0.4, 0.5) is 0 Å². The van der Waals surface area contributed by atoms with Gasteiger partial charge in [0.15, 0.2) is 0 Å². The lowest BCUT2D eigenvalue weighted by atomic mass is 10.1. The van der Waals surface area contributed by atoms with Gasteiger partial charge in [0.25, 0.3) is 0 Å². The molecule has 0 aliphatic heterocycles. The largest absolute Gasteiger partial charge is 0.460 e. The van der Waals surface area contributed by atoms with Crippen molar-refractivity contribution in [3.05, 3.63) is 72.4 Å². The number of hydrogen-bond acceptors (Lipinski definition) is 4. The van der Waals surface area contributed by atoms with Crippen LogP contribution in [0.15, 0.2) is 61.1 Å². The van der Waals surface area contributed by atoms with Gasteiger partial charge in [-0.15, -0.1) is 0 Å². The van der Waals surface area contributed by atoms with Crippen molar-refractivity contribution < 1.29 is 9.53 Å². The van der Waals surface area contributed by atoms with Crippen molar-refractivity contribution in [2.45, 2.75) is 13.0 Å². The highest BCUT2D eigenvalue weighted by atomic mass is 16.5. The van der Waals surface area contributed by atoms with Crippen molar-refractivity contribution in [3.63, 3.8) is 0 Å². The first-order chi connectivity index (χ1) is 12.3. The van der Waals surface area contributed by atoms with Crippen molar-refractivity contribution in [3.8, 4) is 11.3 Å². The Bertz CT molecular complexity index is 1000. The Labute approximate surface area is 143 Å². The third kappa shape index (κ3) is 3.28. The highest BCUT2D eigenvalue weighted by Crippen LogP contribution is 2.25. The molecular weight excluding hydrogens is 316 g/mol. The molecule has 2 N–H and O–H groups in total. The summed E-state index contributed by atoms with van der Waals surface area (Å²) < 4.78 is 5.29. The number of carbonyl (C=O) groups excluding carboxylic acids is 1. The van der Waals surface area contributed by atoms with Crippen molar-refractivity contribution in [1.82, 2.24) is 19.9 Å². The molecule has 124 valence electrons. The van der Waals surface area contributed by atoms with E-state index in [0.717, 1.165) is 27.9 Å². The standard InChI is InChI=1S/C19H16N4O2/c24-18(25-12-13-4-2-1-3-5-13)10-17-22-11-16(23-17)14-6-8-20-19-15(14)7-9-21-19/h1-9,11H,10,12H2,(H,20,21)(H,22,23). The van der Waals surface area contributed by atoms with Crippen LogP contribution in [-0.4, -0.2) is 25.9 Å². The Kier molecular flexibility index (Phi) is 4.00. The summed E-state index contributed by atoms with van der Waals surface area (Å²) in [5.41, 5.74) is 3.51. The number of H-pyrrole nitrogens is 2. The van der Waals surface area contributed by atoms with Gasteiger partial charge in [-0.25, -0.2) is 9.97 Å². The van der Waals surface area contributed by atoms with Crippen LogP contribution < -0.4 is 0 Å². The Morgan fingerprint density at radius 2 is 1.96 bits per heavy atom. The summed E-state index contributed by atoms with van der Waals surface area (Å²) in [4.78, 5) is 26.9. The van der Waals surface area contributed by atoms with Gasteiger partial charge in [-0.05, 0) is 17.7 Å². The van der Waals surface area contributed by atoms with Gasteiger partial charge < -0.3 is 14.7 Å². The van der Waals surface area contributed by atoms with Crippen molar-refractivity contribution in [2.75, 3.05) is 0 Å². The maximum Gasteiger partial charge on any atom is 0.313 e.